The van der Waals surface area contributed by atoms with Gasteiger partial charge < -0.3 is 18.9 Å². The Bertz CT molecular complexity index is 1190. The Morgan fingerprint density at radius 1 is 1.19 bits per heavy atom. The smallest absolute Gasteiger partial charge is 0.293 e. The van der Waals surface area contributed by atoms with Gasteiger partial charge in [0.15, 0.2) is 17.3 Å². The van der Waals surface area contributed by atoms with Crippen LogP contribution < -0.4 is 14.4 Å². The average Bonchev–Trinajstić information content (AvgIpc) is 3.52. The number of aryl methyl sites for hydroxylation is 1. The molecule has 9 heteroatoms. The number of imidazole rings is 1. The molecule has 0 saturated carbocycles. The van der Waals surface area contributed by atoms with Gasteiger partial charge in [-0.3, -0.25) is 14.9 Å². The van der Waals surface area contributed by atoms with Crippen molar-refractivity contribution in [3.05, 3.63) is 75.9 Å². The highest BCUT2D eigenvalue weighted by molar-refractivity contribution is 6.07. The van der Waals surface area contributed by atoms with Gasteiger partial charge in [0.2, 0.25) is 12.6 Å². The van der Waals surface area contributed by atoms with E-state index in [1.54, 1.807) is 29.9 Å². The number of ether oxygens (including phenoxy) is 2. The van der Waals surface area contributed by atoms with Gasteiger partial charge in [0.05, 0.1) is 11.0 Å². The number of nitro groups is 1. The van der Waals surface area contributed by atoms with Gasteiger partial charge in [0.25, 0.3) is 5.69 Å². The fraction of sp³-hybridized carbons (Fsp3) is 0.273. The molecule has 0 N–H and O–H groups in total. The maximum absolute atomic E-state index is 12.8. The lowest BCUT2D eigenvalue weighted by Crippen LogP contribution is -2.23. The summed E-state index contributed by atoms with van der Waals surface area (Å²) in [5, 5.41) is 11.9. The summed E-state index contributed by atoms with van der Waals surface area (Å²) < 4.78 is 12.5. The molecule has 0 radical (unpaired) electrons. The Morgan fingerprint density at radius 2 is 2.03 bits per heavy atom. The van der Waals surface area contributed by atoms with Crippen molar-refractivity contribution < 1.29 is 19.2 Å². The summed E-state index contributed by atoms with van der Waals surface area (Å²) in [7, 11) is 1.71. The zero-order valence-corrected chi connectivity index (χ0v) is 16.9. The summed E-state index contributed by atoms with van der Waals surface area (Å²) in [6, 6.07) is 10.4. The molecule has 1 saturated heterocycles. The summed E-state index contributed by atoms with van der Waals surface area (Å²) in [6.07, 6.45) is 4.96. The third-order valence-corrected chi connectivity index (χ3v) is 5.80. The zero-order valence-electron chi connectivity index (χ0n) is 16.9. The van der Waals surface area contributed by atoms with Gasteiger partial charge >= 0.3 is 0 Å². The fourth-order valence-electron chi connectivity index (χ4n) is 4.29. The van der Waals surface area contributed by atoms with E-state index in [1.807, 2.05) is 23.1 Å². The van der Waals surface area contributed by atoms with E-state index in [1.165, 1.54) is 12.3 Å². The number of nitrogens with zero attached hydrogens (tertiary/aromatic N) is 4. The van der Waals surface area contributed by atoms with Crippen LogP contribution in [0.1, 0.15) is 40.6 Å². The molecule has 158 valence electrons. The number of carbonyl (C=O) groups is 1. The summed E-state index contributed by atoms with van der Waals surface area (Å²) in [5.74, 6) is 1.28. The van der Waals surface area contributed by atoms with Crippen LogP contribution in [0.5, 0.6) is 11.5 Å². The highest BCUT2D eigenvalue weighted by Crippen LogP contribution is 2.43. The second-order valence-electron chi connectivity index (χ2n) is 7.62. The third-order valence-electron chi connectivity index (χ3n) is 5.80. The number of benzene rings is 2. The predicted molar refractivity (Wildman–Crippen MR) is 112 cm³/mol. The lowest BCUT2D eigenvalue weighted by atomic mass is 10.0. The number of rotatable bonds is 5. The van der Waals surface area contributed by atoms with Crippen LogP contribution in [-0.2, 0) is 7.05 Å². The molecule has 1 unspecified atom stereocenters. The van der Waals surface area contributed by atoms with E-state index in [0.717, 1.165) is 18.4 Å². The maximum atomic E-state index is 12.8. The van der Waals surface area contributed by atoms with Crippen LogP contribution in [0.4, 0.5) is 11.4 Å². The Kier molecular flexibility index (Phi) is 4.58. The molecule has 0 bridgehead atoms. The van der Waals surface area contributed by atoms with E-state index < -0.39 is 4.92 Å². The second kappa shape index (κ2) is 7.42. The van der Waals surface area contributed by atoms with Gasteiger partial charge in [-0.25, -0.2) is 4.98 Å². The largest absolute Gasteiger partial charge is 0.454 e. The van der Waals surface area contributed by atoms with Gasteiger partial charge in [-0.2, -0.15) is 0 Å². The first-order valence-corrected chi connectivity index (χ1v) is 9.99. The van der Waals surface area contributed by atoms with Crippen molar-refractivity contribution in [3.63, 3.8) is 0 Å². The number of anilines is 1. The molecule has 0 amide bonds. The Hall–Kier alpha value is -3.88. The van der Waals surface area contributed by atoms with Crippen molar-refractivity contribution in [2.24, 2.45) is 7.05 Å². The van der Waals surface area contributed by atoms with Crippen molar-refractivity contribution in [1.82, 2.24) is 9.55 Å². The number of fused-ring (bicyclic) bond motifs is 1. The molecular weight excluding hydrogens is 400 g/mol. The standard InChI is InChI=1S/C22H20N4O5/c1-24-10-8-23-22(24)21(27)15-4-6-17(18(11-15)26(28)29)25-9-2-3-16(25)14-5-7-19-20(12-14)31-13-30-19/h4-8,10-12,16H,2-3,9,13H2,1H3. The molecule has 3 aromatic rings. The molecule has 3 heterocycles. The monoisotopic (exact) mass is 420 g/mol. The first-order chi connectivity index (χ1) is 15.0. The summed E-state index contributed by atoms with van der Waals surface area (Å²) in [6.45, 7) is 0.886. The van der Waals surface area contributed by atoms with E-state index in [0.29, 0.717) is 23.7 Å². The quantitative estimate of drug-likeness (QED) is 0.353. The van der Waals surface area contributed by atoms with E-state index in [2.05, 4.69) is 4.98 Å². The van der Waals surface area contributed by atoms with Crippen molar-refractivity contribution in [3.8, 4) is 11.5 Å². The summed E-state index contributed by atoms with van der Waals surface area (Å²) >= 11 is 0. The highest BCUT2D eigenvalue weighted by Gasteiger charge is 2.32. The number of carbonyl (C=O) groups excluding carboxylic acids is 1. The molecule has 31 heavy (non-hydrogen) atoms. The lowest BCUT2D eigenvalue weighted by molar-refractivity contribution is -0.384. The SMILES string of the molecule is Cn1ccnc1C(=O)c1ccc(N2CCCC2c2ccc3c(c2)OCO3)c([N+](=O)[O-])c1. The van der Waals surface area contributed by atoms with E-state index in [9.17, 15) is 14.9 Å². The van der Waals surface area contributed by atoms with E-state index >= 15 is 0 Å². The minimum Gasteiger partial charge on any atom is -0.454 e. The molecule has 5 rings (SSSR count). The Morgan fingerprint density at radius 3 is 2.81 bits per heavy atom. The van der Waals surface area contributed by atoms with Gasteiger partial charge in [-0.15, -0.1) is 0 Å². The van der Waals surface area contributed by atoms with E-state index in [-0.39, 0.29) is 35.7 Å². The van der Waals surface area contributed by atoms with Crippen LogP contribution in [0, 0.1) is 10.1 Å². The molecular formula is C22H20N4O5. The molecule has 0 aliphatic carbocycles. The van der Waals surface area contributed by atoms with Gasteiger partial charge in [-0.1, -0.05) is 6.07 Å². The van der Waals surface area contributed by atoms with Crippen LogP contribution in [0.25, 0.3) is 0 Å². The maximum Gasteiger partial charge on any atom is 0.293 e. The topological polar surface area (TPSA) is 99.7 Å². The minimum absolute atomic E-state index is 0.0238. The predicted octanol–water partition coefficient (Wildman–Crippen LogP) is 3.63. The molecule has 0 spiro atoms. The number of ketones is 1. The van der Waals surface area contributed by atoms with Gasteiger partial charge in [0, 0.05) is 37.6 Å². The van der Waals surface area contributed by atoms with Crippen molar-refractivity contribution >= 4 is 17.2 Å². The molecule has 1 atom stereocenters. The normalized spacial score (nSPS) is 17.2. The number of hydrogen-bond acceptors (Lipinski definition) is 7. The zero-order chi connectivity index (χ0) is 21.5. The average molecular weight is 420 g/mol. The second-order valence-corrected chi connectivity index (χ2v) is 7.62. The van der Waals surface area contributed by atoms with Crippen LogP contribution in [0.15, 0.2) is 48.8 Å². The number of hydrogen-bond donors (Lipinski definition) is 0. The van der Waals surface area contributed by atoms with Gasteiger partial charge in [0.1, 0.15) is 5.69 Å². The molecule has 2 aliphatic heterocycles. The highest BCUT2D eigenvalue weighted by atomic mass is 16.7. The molecule has 9 nitrogen and oxygen atoms in total. The third kappa shape index (κ3) is 3.27. The summed E-state index contributed by atoms with van der Waals surface area (Å²) in [5.41, 5.74) is 1.67. The van der Waals surface area contributed by atoms with E-state index in [4.69, 9.17) is 9.47 Å². The van der Waals surface area contributed by atoms with Crippen molar-refractivity contribution in [1.29, 1.82) is 0 Å². The Balaban J connectivity index is 1.51. The molecule has 2 aliphatic rings. The van der Waals surface area contributed by atoms with Crippen molar-refractivity contribution in [2.75, 3.05) is 18.2 Å². The number of aromatic nitrogens is 2. The molecule has 2 aromatic carbocycles. The first-order valence-electron chi connectivity index (χ1n) is 9.99. The van der Waals surface area contributed by atoms with Crippen molar-refractivity contribution in [2.45, 2.75) is 18.9 Å². The lowest BCUT2D eigenvalue weighted by Gasteiger charge is -2.27. The van der Waals surface area contributed by atoms with Crippen LogP contribution in [-0.4, -0.2) is 33.6 Å². The first kappa shape index (κ1) is 19.1. The molecule has 1 aromatic heterocycles. The number of nitro benzene ring substituents is 1. The van der Waals surface area contributed by atoms with Gasteiger partial charge in [-0.05, 0) is 42.7 Å². The summed E-state index contributed by atoms with van der Waals surface area (Å²) in [4.78, 5) is 30.4. The Labute approximate surface area is 178 Å². The molecule has 1 fully saturated rings. The van der Waals surface area contributed by atoms with Crippen LogP contribution in [0.2, 0.25) is 0 Å². The minimum atomic E-state index is -0.431. The van der Waals surface area contributed by atoms with Crippen LogP contribution >= 0.6 is 0 Å². The van der Waals surface area contributed by atoms with Crippen LogP contribution in [0.3, 0.4) is 0 Å². The fourth-order valence-corrected chi connectivity index (χ4v) is 4.29.